The van der Waals surface area contributed by atoms with Crippen LogP contribution in [0.5, 0.6) is 0 Å². The van der Waals surface area contributed by atoms with Gasteiger partial charge >= 0.3 is 5.97 Å². The van der Waals surface area contributed by atoms with Gasteiger partial charge in [0.2, 0.25) is 0 Å². The molecule has 0 aliphatic rings. The highest BCUT2D eigenvalue weighted by Gasteiger charge is 2.12. The van der Waals surface area contributed by atoms with Crippen molar-refractivity contribution in [3.63, 3.8) is 0 Å². The number of esters is 1. The predicted octanol–water partition coefficient (Wildman–Crippen LogP) is 6.13. The standard InChI is InChI=1S/C28H30O3/c1-4-21-17-24(22-9-6-5-7-10-22)14-15-27(21)25-13-12-23(11-8-16-29)26(18-25)19-31-28(30)20(2)3/h5-7,9-10,12-15,17-18,29H,2,4,8,11,16,19H2,1,3H3. The van der Waals surface area contributed by atoms with Gasteiger partial charge in [0.15, 0.2) is 0 Å². The molecule has 3 aromatic rings. The van der Waals surface area contributed by atoms with Crippen molar-refractivity contribution in [2.45, 2.75) is 39.7 Å². The lowest BCUT2D eigenvalue weighted by atomic mass is 9.91. The van der Waals surface area contributed by atoms with Gasteiger partial charge in [-0.05, 0) is 71.2 Å². The van der Waals surface area contributed by atoms with E-state index < -0.39 is 0 Å². The maximum atomic E-state index is 11.9. The Hall–Kier alpha value is -3.17. The second-order valence-corrected chi connectivity index (χ2v) is 7.76. The Morgan fingerprint density at radius 2 is 1.61 bits per heavy atom. The van der Waals surface area contributed by atoms with Crippen LogP contribution in [0.1, 0.15) is 37.0 Å². The second-order valence-electron chi connectivity index (χ2n) is 7.76. The van der Waals surface area contributed by atoms with Crippen LogP contribution < -0.4 is 0 Å². The lowest BCUT2D eigenvalue weighted by Crippen LogP contribution is -2.07. The zero-order chi connectivity index (χ0) is 22.2. The van der Waals surface area contributed by atoms with Gasteiger partial charge in [-0.15, -0.1) is 0 Å². The molecule has 3 nitrogen and oxygen atoms in total. The average molecular weight is 415 g/mol. The van der Waals surface area contributed by atoms with E-state index in [-0.39, 0.29) is 19.2 Å². The van der Waals surface area contributed by atoms with Crippen LogP contribution in [0.3, 0.4) is 0 Å². The fraction of sp³-hybridized carbons (Fsp3) is 0.250. The highest BCUT2D eigenvalue weighted by Crippen LogP contribution is 2.31. The van der Waals surface area contributed by atoms with Crippen molar-refractivity contribution >= 4 is 5.97 Å². The molecular weight excluding hydrogens is 384 g/mol. The topological polar surface area (TPSA) is 46.5 Å². The largest absolute Gasteiger partial charge is 0.457 e. The number of carbonyl (C=O) groups excluding carboxylic acids is 1. The fourth-order valence-electron chi connectivity index (χ4n) is 3.69. The van der Waals surface area contributed by atoms with E-state index in [1.54, 1.807) is 6.92 Å². The van der Waals surface area contributed by atoms with E-state index in [4.69, 9.17) is 4.74 Å². The zero-order valence-corrected chi connectivity index (χ0v) is 18.4. The van der Waals surface area contributed by atoms with Crippen molar-refractivity contribution in [3.8, 4) is 22.3 Å². The minimum absolute atomic E-state index is 0.133. The molecule has 0 atom stereocenters. The van der Waals surface area contributed by atoms with Gasteiger partial charge < -0.3 is 9.84 Å². The summed E-state index contributed by atoms with van der Waals surface area (Å²) in [6.07, 6.45) is 2.33. The van der Waals surface area contributed by atoms with Gasteiger partial charge in [-0.2, -0.15) is 0 Å². The van der Waals surface area contributed by atoms with Crippen LogP contribution in [-0.2, 0) is 29.0 Å². The van der Waals surface area contributed by atoms with Gasteiger partial charge in [0.25, 0.3) is 0 Å². The Labute approximate surface area is 185 Å². The molecule has 3 heteroatoms. The Kier molecular flexibility index (Phi) is 7.80. The van der Waals surface area contributed by atoms with Crippen LogP contribution in [-0.4, -0.2) is 17.7 Å². The van der Waals surface area contributed by atoms with Crippen molar-refractivity contribution in [2.24, 2.45) is 0 Å². The molecule has 0 radical (unpaired) electrons. The van der Waals surface area contributed by atoms with Crippen LogP contribution in [0, 0.1) is 0 Å². The molecule has 0 saturated heterocycles. The van der Waals surface area contributed by atoms with Gasteiger partial charge in [0.1, 0.15) is 6.61 Å². The molecule has 0 amide bonds. The van der Waals surface area contributed by atoms with E-state index >= 15 is 0 Å². The summed E-state index contributed by atoms with van der Waals surface area (Å²) in [5.41, 5.74) is 8.41. The molecule has 3 rings (SSSR count). The summed E-state index contributed by atoms with van der Waals surface area (Å²) in [7, 11) is 0. The Morgan fingerprint density at radius 1 is 0.903 bits per heavy atom. The first kappa shape index (κ1) is 22.5. The molecule has 3 aromatic carbocycles. The minimum atomic E-state index is -0.389. The van der Waals surface area contributed by atoms with Crippen molar-refractivity contribution < 1.29 is 14.6 Å². The van der Waals surface area contributed by atoms with Crippen molar-refractivity contribution in [3.05, 3.63) is 95.6 Å². The van der Waals surface area contributed by atoms with Crippen LogP contribution >= 0.6 is 0 Å². The Balaban J connectivity index is 1.96. The molecule has 160 valence electrons. The number of aliphatic hydroxyl groups excluding tert-OH is 1. The van der Waals surface area contributed by atoms with Gasteiger partial charge in [-0.1, -0.05) is 74.2 Å². The zero-order valence-electron chi connectivity index (χ0n) is 18.4. The van der Waals surface area contributed by atoms with E-state index in [0.29, 0.717) is 12.0 Å². The Morgan fingerprint density at radius 3 is 2.29 bits per heavy atom. The van der Waals surface area contributed by atoms with Crippen LogP contribution in [0.15, 0.2) is 78.9 Å². The van der Waals surface area contributed by atoms with Crippen molar-refractivity contribution in [1.82, 2.24) is 0 Å². The molecule has 0 saturated carbocycles. The maximum absolute atomic E-state index is 11.9. The van der Waals surface area contributed by atoms with Crippen LogP contribution in [0.2, 0.25) is 0 Å². The summed E-state index contributed by atoms with van der Waals surface area (Å²) in [4.78, 5) is 11.9. The molecule has 0 fully saturated rings. The molecule has 0 aliphatic carbocycles. The lowest BCUT2D eigenvalue weighted by molar-refractivity contribution is -0.140. The third-order valence-electron chi connectivity index (χ3n) is 5.42. The van der Waals surface area contributed by atoms with E-state index in [2.05, 4.69) is 74.2 Å². The van der Waals surface area contributed by atoms with Gasteiger partial charge in [0.05, 0.1) is 0 Å². The van der Waals surface area contributed by atoms with Crippen molar-refractivity contribution in [2.75, 3.05) is 6.61 Å². The number of rotatable bonds is 9. The number of ether oxygens (including phenoxy) is 1. The number of hydrogen-bond acceptors (Lipinski definition) is 3. The number of aliphatic hydroxyl groups is 1. The van der Waals surface area contributed by atoms with Crippen molar-refractivity contribution in [1.29, 1.82) is 0 Å². The molecule has 31 heavy (non-hydrogen) atoms. The lowest BCUT2D eigenvalue weighted by Gasteiger charge is -2.15. The fourth-order valence-corrected chi connectivity index (χ4v) is 3.69. The number of benzene rings is 3. The maximum Gasteiger partial charge on any atom is 0.333 e. The monoisotopic (exact) mass is 414 g/mol. The molecule has 0 bridgehead atoms. The summed E-state index contributed by atoms with van der Waals surface area (Å²) in [6, 6.07) is 23.3. The summed E-state index contributed by atoms with van der Waals surface area (Å²) in [6.45, 7) is 7.80. The third-order valence-corrected chi connectivity index (χ3v) is 5.42. The number of carbonyl (C=O) groups is 1. The van der Waals surface area contributed by atoms with E-state index in [0.717, 1.165) is 29.5 Å². The quantitative estimate of drug-likeness (QED) is 0.338. The second kappa shape index (κ2) is 10.7. The molecule has 0 heterocycles. The third kappa shape index (κ3) is 5.71. The molecular formula is C28H30O3. The predicted molar refractivity (Wildman–Crippen MR) is 127 cm³/mol. The highest BCUT2D eigenvalue weighted by atomic mass is 16.5. The molecule has 0 aromatic heterocycles. The van der Waals surface area contributed by atoms with Crippen LogP contribution in [0.4, 0.5) is 0 Å². The Bertz CT molecular complexity index is 1050. The molecule has 1 N–H and O–H groups in total. The van der Waals surface area contributed by atoms with Gasteiger partial charge in [-0.3, -0.25) is 0 Å². The SMILES string of the molecule is C=C(C)C(=O)OCc1cc(-c2ccc(-c3ccccc3)cc2CC)ccc1CCCO. The van der Waals surface area contributed by atoms with E-state index in [9.17, 15) is 9.90 Å². The first-order valence-electron chi connectivity index (χ1n) is 10.8. The summed E-state index contributed by atoms with van der Waals surface area (Å²) >= 11 is 0. The minimum Gasteiger partial charge on any atom is -0.457 e. The van der Waals surface area contributed by atoms with Gasteiger partial charge in [0, 0.05) is 12.2 Å². The molecule has 0 spiro atoms. The van der Waals surface area contributed by atoms with E-state index in [1.807, 2.05) is 6.07 Å². The summed E-state index contributed by atoms with van der Waals surface area (Å²) in [5.74, 6) is -0.389. The summed E-state index contributed by atoms with van der Waals surface area (Å²) in [5, 5.41) is 9.23. The van der Waals surface area contributed by atoms with E-state index in [1.165, 1.54) is 22.3 Å². The smallest absolute Gasteiger partial charge is 0.333 e. The van der Waals surface area contributed by atoms with Crippen LogP contribution in [0.25, 0.3) is 22.3 Å². The summed E-state index contributed by atoms with van der Waals surface area (Å²) < 4.78 is 5.43. The first-order valence-corrected chi connectivity index (χ1v) is 10.8. The van der Waals surface area contributed by atoms with Gasteiger partial charge in [-0.25, -0.2) is 4.79 Å². The average Bonchev–Trinajstić information content (AvgIpc) is 2.81. The first-order chi connectivity index (χ1) is 15.0. The highest BCUT2D eigenvalue weighted by molar-refractivity contribution is 5.87. The number of hydrogen-bond donors (Lipinski definition) is 1. The molecule has 0 aliphatic heterocycles. The normalized spacial score (nSPS) is 10.7. The number of aryl methyl sites for hydroxylation is 2. The molecule has 0 unspecified atom stereocenters.